The van der Waals surface area contributed by atoms with Gasteiger partial charge in [0.2, 0.25) is 0 Å². The van der Waals surface area contributed by atoms with Crippen molar-refractivity contribution >= 4 is 17.4 Å². The predicted molar refractivity (Wildman–Crippen MR) is 122 cm³/mol. The molecular weight excluding hydrogens is 390 g/mol. The van der Waals surface area contributed by atoms with Crippen LogP contribution >= 0.6 is 11.3 Å². The molecule has 2 aliphatic rings. The summed E-state index contributed by atoms with van der Waals surface area (Å²) in [5.74, 6) is 0.325. The molecule has 3 aromatic rings. The van der Waals surface area contributed by atoms with E-state index in [4.69, 9.17) is 0 Å². The zero-order valence-corrected chi connectivity index (χ0v) is 18.5. The van der Waals surface area contributed by atoms with Crippen LogP contribution in [0.25, 0.3) is 5.00 Å². The van der Waals surface area contributed by atoms with Gasteiger partial charge in [-0.05, 0) is 54.9 Å². The number of thiophene rings is 1. The van der Waals surface area contributed by atoms with Gasteiger partial charge in [-0.3, -0.25) is 0 Å². The largest absolute Gasteiger partial charge is 0.334 e. The highest BCUT2D eigenvalue weighted by Crippen LogP contribution is 2.43. The van der Waals surface area contributed by atoms with Crippen molar-refractivity contribution in [1.82, 2.24) is 14.8 Å². The molecule has 5 rings (SSSR count). The number of hydrogen-bond acceptors (Lipinski definition) is 2. The molecule has 3 heterocycles. The number of carbonyl (C=O) groups is 1. The molecule has 0 saturated carbocycles. The number of carbonyl (C=O) groups excluding carboxylic acids is 1. The van der Waals surface area contributed by atoms with Gasteiger partial charge in [0.1, 0.15) is 5.00 Å². The minimum absolute atomic E-state index is 0.0221. The fourth-order valence-corrected chi connectivity index (χ4v) is 6.40. The second-order valence-electron chi connectivity index (χ2n) is 8.76. The van der Waals surface area contributed by atoms with E-state index in [-0.39, 0.29) is 12.1 Å². The Balaban J connectivity index is 1.53. The molecule has 4 nitrogen and oxygen atoms in total. The van der Waals surface area contributed by atoms with Crippen molar-refractivity contribution in [3.8, 4) is 5.00 Å². The molecule has 5 heteroatoms. The average molecular weight is 420 g/mol. The van der Waals surface area contributed by atoms with E-state index in [0.717, 1.165) is 12.0 Å². The Morgan fingerprint density at radius 1 is 1.10 bits per heavy atom. The minimum atomic E-state index is 0.0221. The monoisotopic (exact) mass is 419 g/mol. The lowest BCUT2D eigenvalue weighted by atomic mass is 9.94. The fourth-order valence-electron chi connectivity index (χ4n) is 5.00. The lowest BCUT2D eigenvalue weighted by Crippen LogP contribution is -2.43. The van der Waals surface area contributed by atoms with Gasteiger partial charge in [-0.15, -0.1) is 11.3 Å². The maximum absolute atomic E-state index is 13.5. The molecule has 2 amide bonds. The van der Waals surface area contributed by atoms with E-state index < -0.39 is 0 Å². The van der Waals surface area contributed by atoms with Crippen LogP contribution in [0.1, 0.15) is 60.0 Å². The van der Waals surface area contributed by atoms with Crippen molar-refractivity contribution in [2.24, 2.45) is 5.92 Å². The summed E-state index contributed by atoms with van der Waals surface area (Å²) in [7, 11) is 0. The van der Waals surface area contributed by atoms with Crippen molar-refractivity contribution < 1.29 is 4.79 Å². The first-order chi connectivity index (χ1) is 14.6. The van der Waals surface area contributed by atoms with Crippen LogP contribution in [0.5, 0.6) is 0 Å². The Hall–Kier alpha value is -2.53. The summed E-state index contributed by atoms with van der Waals surface area (Å²) in [6, 6.07) is 14.5. The zero-order valence-electron chi connectivity index (χ0n) is 17.7. The Labute approximate surface area is 182 Å². The van der Waals surface area contributed by atoms with E-state index in [9.17, 15) is 4.79 Å². The third kappa shape index (κ3) is 3.35. The fraction of sp³-hybridized carbons (Fsp3) is 0.400. The van der Waals surface area contributed by atoms with Gasteiger partial charge in [0.15, 0.2) is 0 Å². The molecule has 0 spiro atoms. The number of aryl methyl sites for hydroxylation is 1. The van der Waals surface area contributed by atoms with Gasteiger partial charge in [-0.2, -0.15) is 0 Å². The number of benzene rings is 1. The summed E-state index contributed by atoms with van der Waals surface area (Å²) in [6.45, 7) is 5.67. The smallest absolute Gasteiger partial charge is 0.318 e. The van der Waals surface area contributed by atoms with E-state index in [1.54, 1.807) is 0 Å². The van der Waals surface area contributed by atoms with Crippen LogP contribution in [0.4, 0.5) is 4.79 Å². The Morgan fingerprint density at radius 3 is 2.70 bits per heavy atom. The number of aromatic nitrogens is 1. The summed E-state index contributed by atoms with van der Waals surface area (Å²) in [5, 5.41) is 4.51. The molecule has 0 unspecified atom stereocenters. The normalized spacial score (nSPS) is 17.8. The Morgan fingerprint density at radius 2 is 1.90 bits per heavy atom. The van der Waals surface area contributed by atoms with Crippen LogP contribution in [-0.4, -0.2) is 15.5 Å². The van der Waals surface area contributed by atoms with E-state index in [2.05, 4.69) is 59.1 Å². The van der Waals surface area contributed by atoms with Gasteiger partial charge in [-0.1, -0.05) is 44.2 Å². The quantitative estimate of drug-likeness (QED) is 0.569. The van der Waals surface area contributed by atoms with Gasteiger partial charge in [-0.25, -0.2) is 4.79 Å². The molecule has 30 heavy (non-hydrogen) atoms. The van der Waals surface area contributed by atoms with Gasteiger partial charge < -0.3 is 14.8 Å². The molecular formula is C25H29N3OS. The zero-order chi connectivity index (χ0) is 20.7. The molecule has 1 N–H and O–H groups in total. The number of urea groups is 1. The lowest BCUT2D eigenvalue weighted by Gasteiger charge is -2.33. The van der Waals surface area contributed by atoms with E-state index >= 15 is 0 Å². The number of rotatable bonds is 3. The highest BCUT2D eigenvalue weighted by Gasteiger charge is 2.36. The number of nitrogens with zero attached hydrogens (tertiary/aromatic N) is 2. The van der Waals surface area contributed by atoms with Crippen LogP contribution in [-0.2, 0) is 25.9 Å². The summed E-state index contributed by atoms with van der Waals surface area (Å²) >= 11 is 1.94. The van der Waals surface area contributed by atoms with Crippen molar-refractivity contribution in [2.45, 2.75) is 58.7 Å². The SMILES string of the molecule is CC(C)[C@H]1c2cccn2-c2sc3c(c2CN1C(=O)NCc1ccccc1)CCCC3. The molecule has 1 aliphatic carbocycles. The highest BCUT2D eigenvalue weighted by atomic mass is 32.1. The average Bonchev–Trinajstić information content (AvgIpc) is 3.34. The van der Waals surface area contributed by atoms with Crippen LogP contribution in [0.15, 0.2) is 48.7 Å². The van der Waals surface area contributed by atoms with Crippen LogP contribution < -0.4 is 5.32 Å². The Bertz CT molecular complexity index is 1050. The summed E-state index contributed by atoms with van der Waals surface area (Å²) in [4.78, 5) is 17.1. The van der Waals surface area contributed by atoms with E-state index in [1.165, 1.54) is 46.0 Å². The summed E-state index contributed by atoms with van der Waals surface area (Å²) < 4.78 is 2.35. The minimum Gasteiger partial charge on any atom is -0.334 e. The van der Waals surface area contributed by atoms with Crippen LogP contribution in [0, 0.1) is 5.92 Å². The highest BCUT2D eigenvalue weighted by molar-refractivity contribution is 7.15. The first kappa shape index (κ1) is 19.4. The molecule has 0 radical (unpaired) electrons. The molecule has 0 bridgehead atoms. The summed E-state index contributed by atoms with van der Waals surface area (Å²) in [5.41, 5.74) is 5.22. The number of amides is 2. The molecule has 1 aliphatic heterocycles. The number of hydrogen-bond donors (Lipinski definition) is 1. The maximum atomic E-state index is 13.5. The van der Waals surface area contributed by atoms with Crippen LogP contribution in [0.3, 0.4) is 0 Å². The van der Waals surface area contributed by atoms with E-state index in [1.807, 2.05) is 29.5 Å². The predicted octanol–water partition coefficient (Wildman–Crippen LogP) is 5.84. The van der Waals surface area contributed by atoms with Gasteiger partial charge in [0, 0.05) is 28.9 Å². The van der Waals surface area contributed by atoms with Gasteiger partial charge in [0.25, 0.3) is 0 Å². The molecule has 1 aromatic carbocycles. The lowest BCUT2D eigenvalue weighted by molar-refractivity contribution is 0.149. The topological polar surface area (TPSA) is 37.3 Å². The molecule has 2 aromatic heterocycles. The van der Waals surface area contributed by atoms with Gasteiger partial charge in [0.05, 0.1) is 12.6 Å². The number of nitrogens with one attached hydrogen (secondary N) is 1. The maximum Gasteiger partial charge on any atom is 0.318 e. The van der Waals surface area contributed by atoms with Crippen molar-refractivity contribution in [1.29, 1.82) is 0 Å². The second kappa shape index (κ2) is 7.95. The molecule has 1 atom stereocenters. The molecule has 0 fully saturated rings. The Kier molecular flexibility index (Phi) is 5.15. The first-order valence-corrected chi connectivity index (χ1v) is 11.8. The third-order valence-corrected chi connectivity index (χ3v) is 7.74. The first-order valence-electron chi connectivity index (χ1n) is 11.0. The van der Waals surface area contributed by atoms with Crippen molar-refractivity contribution in [3.63, 3.8) is 0 Å². The molecule has 156 valence electrons. The molecule has 0 saturated heterocycles. The van der Waals surface area contributed by atoms with Crippen molar-refractivity contribution in [3.05, 3.63) is 75.9 Å². The summed E-state index contributed by atoms with van der Waals surface area (Å²) in [6.07, 6.45) is 7.03. The standard InChI is InChI=1S/C25H29N3OS/c1-17(2)23-21-12-8-14-27(21)24-20(19-11-6-7-13-22(19)30-24)16-28(23)25(29)26-15-18-9-4-3-5-10-18/h3-5,8-10,12,14,17,23H,6-7,11,13,15-16H2,1-2H3,(H,26,29)/t23-/m0/s1. The van der Waals surface area contributed by atoms with Crippen molar-refractivity contribution in [2.75, 3.05) is 0 Å². The number of fused-ring (bicyclic) bond motifs is 5. The van der Waals surface area contributed by atoms with Gasteiger partial charge >= 0.3 is 6.03 Å². The van der Waals surface area contributed by atoms with Crippen LogP contribution in [0.2, 0.25) is 0 Å². The third-order valence-electron chi connectivity index (χ3n) is 6.40. The second-order valence-corrected chi connectivity index (χ2v) is 9.84. The van der Waals surface area contributed by atoms with E-state index in [0.29, 0.717) is 19.0 Å².